The number of hydrogen-bond acceptors (Lipinski definition) is 2. The maximum atomic E-state index is 5.38. The number of benzene rings is 1. The summed E-state index contributed by atoms with van der Waals surface area (Å²) in [6, 6.07) is 10.7. The smallest absolute Gasteiger partial charge is 0.120 e. The molecule has 1 aromatic heterocycles. The standard InChI is InChI=1S/C15H19NO/c1-11-6-7-12(2)14(9-11)10-16-13(3)15-5-4-8-17-15/h4-9,13,16H,10H2,1-3H3/t13-/m1/s1. The third kappa shape index (κ3) is 2.98. The fraction of sp³-hybridized carbons (Fsp3) is 0.333. The summed E-state index contributed by atoms with van der Waals surface area (Å²) in [5, 5.41) is 3.48. The van der Waals surface area contributed by atoms with E-state index in [2.05, 4.69) is 44.3 Å². The van der Waals surface area contributed by atoms with Crippen LogP contribution < -0.4 is 5.32 Å². The zero-order valence-electron chi connectivity index (χ0n) is 10.7. The van der Waals surface area contributed by atoms with Crippen LogP contribution in [0.2, 0.25) is 0 Å². The molecular formula is C15H19NO. The van der Waals surface area contributed by atoms with Gasteiger partial charge in [-0.1, -0.05) is 23.8 Å². The lowest BCUT2D eigenvalue weighted by Crippen LogP contribution is -2.18. The van der Waals surface area contributed by atoms with Crippen LogP contribution >= 0.6 is 0 Å². The summed E-state index contributed by atoms with van der Waals surface area (Å²) in [7, 11) is 0. The molecule has 2 nitrogen and oxygen atoms in total. The van der Waals surface area contributed by atoms with E-state index in [1.54, 1.807) is 6.26 Å². The minimum Gasteiger partial charge on any atom is -0.468 e. The Balaban J connectivity index is 2.00. The van der Waals surface area contributed by atoms with Crippen LogP contribution in [0.3, 0.4) is 0 Å². The molecule has 1 N–H and O–H groups in total. The molecule has 2 rings (SSSR count). The minimum absolute atomic E-state index is 0.241. The van der Waals surface area contributed by atoms with Gasteiger partial charge in [-0.25, -0.2) is 0 Å². The van der Waals surface area contributed by atoms with E-state index in [0.29, 0.717) is 0 Å². The third-order valence-electron chi connectivity index (χ3n) is 3.07. The van der Waals surface area contributed by atoms with Gasteiger partial charge in [-0.3, -0.25) is 0 Å². The van der Waals surface area contributed by atoms with Crippen molar-refractivity contribution < 1.29 is 4.42 Å². The van der Waals surface area contributed by atoms with E-state index in [4.69, 9.17) is 4.42 Å². The van der Waals surface area contributed by atoms with E-state index < -0.39 is 0 Å². The van der Waals surface area contributed by atoms with E-state index in [9.17, 15) is 0 Å². The summed E-state index contributed by atoms with van der Waals surface area (Å²) in [6.07, 6.45) is 1.71. The molecule has 0 fully saturated rings. The van der Waals surface area contributed by atoms with Crippen molar-refractivity contribution in [2.75, 3.05) is 0 Å². The van der Waals surface area contributed by atoms with E-state index in [1.165, 1.54) is 16.7 Å². The number of nitrogens with one attached hydrogen (secondary N) is 1. The first-order valence-corrected chi connectivity index (χ1v) is 6.00. The molecule has 0 unspecified atom stereocenters. The fourth-order valence-corrected chi connectivity index (χ4v) is 1.89. The van der Waals surface area contributed by atoms with Crippen LogP contribution in [0.5, 0.6) is 0 Å². The normalized spacial score (nSPS) is 12.6. The zero-order valence-corrected chi connectivity index (χ0v) is 10.7. The molecular weight excluding hydrogens is 210 g/mol. The van der Waals surface area contributed by atoms with Crippen LogP contribution in [0.25, 0.3) is 0 Å². The fourth-order valence-electron chi connectivity index (χ4n) is 1.89. The Kier molecular flexibility index (Phi) is 3.64. The average Bonchev–Trinajstić information content (AvgIpc) is 2.83. The minimum atomic E-state index is 0.241. The first kappa shape index (κ1) is 11.9. The van der Waals surface area contributed by atoms with E-state index in [0.717, 1.165) is 12.3 Å². The van der Waals surface area contributed by atoms with E-state index >= 15 is 0 Å². The molecule has 0 aliphatic heterocycles. The first-order valence-electron chi connectivity index (χ1n) is 6.00. The lowest BCUT2D eigenvalue weighted by atomic mass is 10.1. The summed E-state index contributed by atoms with van der Waals surface area (Å²) in [5.74, 6) is 0.982. The summed E-state index contributed by atoms with van der Waals surface area (Å²) < 4.78 is 5.38. The number of aryl methyl sites for hydroxylation is 2. The van der Waals surface area contributed by atoms with Crippen LogP contribution in [-0.2, 0) is 6.54 Å². The van der Waals surface area contributed by atoms with Crippen molar-refractivity contribution in [2.45, 2.75) is 33.4 Å². The lowest BCUT2D eigenvalue weighted by molar-refractivity contribution is 0.430. The van der Waals surface area contributed by atoms with Gasteiger partial charge in [0.2, 0.25) is 0 Å². The van der Waals surface area contributed by atoms with Crippen molar-refractivity contribution in [2.24, 2.45) is 0 Å². The SMILES string of the molecule is Cc1ccc(C)c(CN[C@H](C)c2ccco2)c1. The molecule has 2 aromatic rings. The highest BCUT2D eigenvalue weighted by Crippen LogP contribution is 2.15. The van der Waals surface area contributed by atoms with Gasteiger partial charge in [0.05, 0.1) is 12.3 Å². The summed E-state index contributed by atoms with van der Waals surface area (Å²) in [6.45, 7) is 7.26. The number of furan rings is 1. The summed E-state index contributed by atoms with van der Waals surface area (Å²) >= 11 is 0. The van der Waals surface area contributed by atoms with Gasteiger partial charge in [0.25, 0.3) is 0 Å². The van der Waals surface area contributed by atoms with Gasteiger partial charge in [0.1, 0.15) is 5.76 Å². The van der Waals surface area contributed by atoms with Crippen LogP contribution in [-0.4, -0.2) is 0 Å². The monoisotopic (exact) mass is 229 g/mol. The predicted octanol–water partition coefficient (Wildman–Crippen LogP) is 3.75. The topological polar surface area (TPSA) is 25.2 Å². The second-order valence-corrected chi connectivity index (χ2v) is 4.55. The van der Waals surface area contributed by atoms with Crippen molar-refractivity contribution in [1.82, 2.24) is 5.32 Å². The van der Waals surface area contributed by atoms with Gasteiger partial charge in [0, 0.05) is 6.54 Å². The molecule has 0 bridgehead atoms. The molecule has 0 spiro atoms. The molecule has 0 aliphatic rings. The maximum Gasteiger partial charge on any atom is 0.120 e. The number of rotatable bonds is 4. The van der Waals surface area contributed by atoms with Gasteiger partial charge in [-0.05, 0) is 44.0 Å². The van der Waals surface area contributed by atoms with Crippen LogP contribution in [0.15, 0.2) is 41.0 Å². The number of hydrogen-bond donors (Lipinski definition) is 1. The highest BCUT2D eigenvalue weighted by molar-refractivity contribution is 5.30. The largest absolute Gasteiger partial charge is 0.468 e. The molecule has 90 valence electrons. The molecule has 0 saturated heterocycles. The van der Waals surface area contributed by atoms with Crippen molar-refractivity contribution in [3.63, 3.8) is 0 Å². The Morgan fingerprint density at radius 2 is 2.06 bits per heavy atom. The molecule has 0 radical (unpaired) electrons. The third-order valence-corrected chi connectivity index (χ3v) is 3.07. The van der Waals surface area contributed by atoms with Crippen molar-refractivity contribution >= 4 is 0 Å². The zero-order chi connectivity index (χ0) is 12.3. The van der Waals surface area contributed by atoms with Crippen molar-refractivity contribution in [3.8, 4) is 0 Å². The highest BCUT2D eigenvalue weighted by atomic mass is 16.3. The van der Waals surface area contributed by atoms with E-state index in [1.807, 2.05) is 12.1 Å². The van der Waals surface area contributed by atoms with Crippen LogP contribution in [0.1, 0.15) is 35.4 Å². The first-order chi connectivity index (χ1) is 8.16. The van der Waals surface area contributed by atoms with Crippen molar-refractivity contribution in [1.29, 1.82) is 0 Å². The second-order valence-electron chi connectivity index (χ2n) is 4.55. The lowest BCUT2D eigenvalue weighted by Gasteiger charge is -2.13. The van der Waals surface area contributed by atoms with Gasteiger partial charge in [-0.2, -0.15) is 0 Å². The average molecular weight is 229 g/mol. The van der Waals surface area contributed by atoms with Gasteiger partial charge in [-0.15, -0.1) is 0 Å². The Bertz CT molecular complexity index is 474. The molecule has 1 aromatic carbocycles. The van der Waals surface area contributed by atoms with Crippen molar-refractivity contribution in [3.05, 3.63) is 59.0 Å². The highest BCUT2D eigenvalue weighted by Gasteiger charge is 2.07. The van der Waals surface area contributed by atoms with Crippen LogP contribution in [0.4, 0.5) is 0 Å². The molecule has 0 saturated carbocycles. The van der Waals surface area contributed by atoms with Gasteiger partial charge >= 0.3 is 0 Å². The Labute approximate surface area is 103 Å². The second kappa shape index (κ2) is 5.19. The van der Waals surface area contributed by atoms with Crippen LogP contribution in [0, 0.1) is 13.8 Å². The summed E-state index contributed by atoms with van der Waals surface area (Å²) in [5.41, 5.74) is 3.98. The molecule has 1 atom stereocenters. The van der Waals surface area contributed by atoms with Gasteiger partial charge in [0.15, 0.2) is 0 Å². The molecule has 1 heterocycles. The summed E-state index contributed by atoms with van der Waals surface area (Å²) in [4.78, 5) is 0. The van der Waals surface area contributed by atoms with E-state index in [-0.39, 0.29) is 6.04 Å². The quantitative estimate of drug-likeness (QED) is 0.863. The Morgan fingerprint density at radius 1 is 1.24 bits per heavy atom. The predicted molar refractivity (Wildman–Crippen MR) is 69.9 cm³/mol. The van der Waals surface area contributed by atoms with Gasteiger partial charge < -0.3 is 9.73 Å². The molecule has 0 aliphatic carbocycles. The Morgan fingerprint density at radius 3 is 2.76 bits per heavy atom. The Hall–Kier alpha value is -1.54. The molecule has 0 amide bonds. The molecule has 2 heteroatoms. The maximum absolute atomic E-state index is 5.38. The molecule has 17 heavy (non-hydrogen) atoms.